The summed E-state index contributed by atoms with van der Waals surface area (Å²) >= 11 is 0. The van der Waals surface area contributed by atoms with Crippen LogP contribution in [0.2, 0.25) is 0 Å². The van der Waals surface area contributed by atoms with Crippen molar-refractivity contribution in [3.63, 3.8) is 0 Å². The molecule has 2 aromatic carbocycles. The zero-order chi connectivity index (χ0) is 19.6. The molecule has 0 bridgehead atoms. The predicted molar refractivity (Wildman–Crippen MR) is 129 cm³/mol. The van der Waals surface area contributed by atoms with Crippen LogP contribution in [-0.4, -0.2) is 18.0 Å². The molecule has 0 radical (unpaired) electrons. The van der Waals surface area contributed by atoms with Crippen LogP contribution in [0.15, 0.2) is 77.9 Å². The van der Waals surface area contributed by atoms with E-state index < -0.39 is 0 Å². The van der Waals surface area contributed by atoms with E-state index >= 15 is 0 Å². The van der Waals surface area contributed by atoms with Crippen LogP contribution in [0.5, 0.6) is 5.88 Å². The van der Waals surface area contributed by atoms with E-state index in [-0.39, 0.29) is 24.0 Å². The lowest BCUT2D eigenvalue weighted by Gasteiger charge is -2.13. The average molecular weight is 502 g/mol. The third-order valence-electron chi connectivity index (χ3n) is 4.25. The molecule has 0 atom stereocenters. The smallest absolute Gasteiger partial charge is 0.213 e. The van der Waals surface area contributed by atoms with Crippen LogP contribution in [0.25, 0.3) is 0 Å². The van der Waals surface area contributed by atoms with Crippen molar-refractivity contribution in [1.29, 1.82) is 0 Å². The van der Waals surface area contributed by atoms with Crippen LogP contribution in [-0.2, 0) is 19.7 Å². The minimum atomic E-state index is 0. The van der Waals surface area contributed by atoms with Gasteiger partial charge in [0.1, 0.15) is 6.61 Å². The molecule has 3 rings (SSSR count). The minimum absolute atomic E-state index is 0. The number of nitrogens with one attached hydrogen (secondary N) is 2. The van der Waals surface area contributed by atoms with Gasteiger partial charge in [-0.05, 0) is 29.7 Å². The van der Waals surface area contributed by atoms with Crippen molar-refractivity contribution in [1.82, 2.24) is 15.6 Å². The topological polar surface area (TPSA) is 58.5 Å². The molecule has 152 valence electrons. The van der Waals surface area contributed by atoms with Gasteiger partial charge < -0.3 is 15.4 Å². The lowest BCUT2D eigenvalue weighted by Crippen LogP contribution is -2.36. The Morgan fingerprint density at radius 1 is 0.897 bits per heavy atom. The normalized spacial score (nSPS) is 10.8. The first-order valence-electron chi connectivity index (χ1n) is 9.34. The Morgan fingerprint density at radius 3 is 2.28 bits per heavy atom. The molecule has 0 unspecified atom stereocenters. The van der Waals surface area contributed by atoms with Crippen molar-refractivity contribution < 1.29 is 4.74 Å². The van der Waals surface area contributed by atoms with E-state index in [0.717, 1.165) is 23.6 Å². The van der Waals surface area contributed by atoms with Gasteiger partial charge in [-0.1, -0.05) is 60.2 Å². The molecule has 0 fully saturated rings. The highest BCUT2D eigenvalue weighted by Gasteiger charge is 2.02. The summed E-state index contributed by atoms with van der Waals surface area (Å²) in [6, 6.07) is 22.4. The Balaban J connectivity index is 0.00000300. The summed E-state index contributed by atoms with van der Waals surface area (Å²) in [7, 11) is 1.77. The van der Waals surface area contributed by atoms with Gasteiger partial charge in [0.2, 0.25) is 5.88 Å². The second-order valence-electron chi connectivity index (χ2n) is 6.54. The fourth-order valence-electron chi connectivity index (χ4n) is 2.79. The minimum Gasteiger partial charge on any atom is -0.473 e. The number of benzene rings is 2. The summed E-state index contributed by atoms with van der Waals surface area (Å²) in [5.74, 6) is 1.37. The molecule has 5 nitrogen and oxygen atoms in total. The third kappa shape index (κ3) is 7.73. The molecule has 0 aliphatic rings. The largest absolute Gasteiger partial charge is 0.473 e. The van der Waals surface area contributed by atoms with E-state index in [4.69, 9.17) is 4.74 Å². The molecule has 0 amide bonds. The number of aryl methyl sites for hydroxylation is 1. The monoisotopic (exact) mass is 502 g/mol. The van der Waals surface area contributed by atoms with Crippen LogP contribution in [0, 0.1) is 6.92 Å². The van der Waals surface area contributed by atoms with E-state index in [1.54, 1.807) is 13.2 Å². The second-order valence-corrected chi connectivity index (χ2v) is 6.54. The van der Waals surface area contributed by atoms with E-state index in [2.05, 4.69) is 51.8 Å². The Labute approximate surface area is 189 Å². The molecular weight excluding hydrogens is 475 g/mol. The van der Waals surface area contributed by atoms with Gasteiger partial charge in [0.05, 0.1) is 0 Å². The maximum absolute atomic E-state index is 5.80. The van der Waals surface area contributed by atoms with Crippen molar-refractivity contribution in [3.8, 4) is 5.88 Å². The van der Waals surface area contributed by atoms with Crippen molar-refractivity contribution in [3.05, 3.63) is 95.2 Å². The molecule has 29 heavy (non-hydrogen) atoms. The lowest BCUT2D eigenvalue weighted by atomic mass is 10.1. The summed E-state index contributed by atoms with van der Waals surface area (Å²) in [6.45, 7) is 3.96. The molecule has 0 aliphatic heterocycles. The van der Waals surface area contributed by atoms with Gasteiger partial charge in [-0.25, -0.2) is 4.98 Å². The number of rotatable bonds is 7. The molecule has 6 heteroatoms. The molecular formula is C23H27IN4O. The fourth-order valence-corrected chi connectivity index (χ4v) is 2.79. The number of ether oxygens (including phenoxy) is 1. The Hall–Kier alpha value is -2.61. The van der Waals surface area contributed by atoms with Crippen molar-refractivity contribution in [2.24, 2.45) is 4.99 Å². The summed E-state index contributed by atoms with van der Waals surface area (Å²) in [5, 5.41) is 6.66. The number of aliphatic imine (C=N–C) groups is 1. The lowest BCUT2D eigenvalue weighted by molar-refractivity contribution is 0.293. The molecule has 3 aromatic rings. The maximum Gasteiger partial charge on any atom is 0.213 e. The molecule has 1 aromatic heterocycles. The van der Waals surface area contributed by atoms with Gasteiger partial charge in [-0.2, -0.15) is 0 Å². The number of halogens is 1. The number of nitrogens with zero attached hydrogens (tertiary/aromatic N) is 2. The van der Waals surface area contributed by atoms with E-state index in [9.17, 15) is 0 Å². The molecule has 0 saturated carbocycles. The second kappa shape index (κ2) is 12.1. The molecule has 0 aliphatic carbocycles. The Bertz CT molecular complexity index is 916. The molecule has 1 heterocycles. The average Bonchev–Trinajstić information content (AvgIpc) is 2.73. The van der Waals surface area contributed by atoms with Gasteiger partial charge in [-0.15, -0.1) is 24.0 Å². The number of guanidine groups is 1. The third-order valence-corrected chi connectivity index (χ3v) is 4.25. The summed E-state index contributed by atoms with van der Waals surface area (Å²) in [5.41, 5.74) is 4.68. The van der Waals surface area contributed by atoms with Gasteiger partial charge >= 0.3 is 0 Å². The van der Waals surface area contributed by atoms with Gasteiger partial charge in [0, 0.05) is 32.4 Å². The Morgan fingerprint density at radius 2 is 1.59 bits per heavy atom. The van der Waals surface area contributed by atoms with Crippen LogP contribution < -0.4 is 15.4 Å². The number of aromatic nitrogens is 1. The first-order valence-corrected chi connectivity index (χ1v) is 9.34. The maximum atomic E-state index is 5.80. The zero-order valence-corrected chi connectivity index (χ0v) is 19.1. The predicted octanol–water partition coefficient (Wildman–Crippen LogP) is 4.45. The molecule has 0 saturated heterocycles. The van der Waals surface area contributed by atoms with Crippen LogP contribution in [0.4, 0.5) is 0 Å². The first-order chi connectivity index (χ1) is 13.7. The zero-order valence-electron chi connectivity index (χ0n) is 16.8. The van der Waals surface area contributed by atoms with E-state index in [0.29, 0.717) is 19.0 Å². The van der Waals surface area contributed by atoms with E-state index in [1.807, 2.05) is 42.5 Å². The summed E-state index contributed by atoms with van der Waals surface area (Å²) in [6.07, 6.45) is 1.76. The van der Waals surface area contributed by atoms with Crippen molar-refractivity contribution >= 4 is 29.9 Å². The highest BCUT2D eigenvalue weighted by molar-refractivity contribution is 14.0. The standard InChI is InChI=1S/C23H26N4O.HI/c1-18-7-6-10-20(13-18)15-26-23(24-2)27-16-21-11-12-25-22(14-21)28-17-19-8-4-3-5-9-19;/h3-14H,15-17H2,1-2H3,(H2,24,26,27);1H. The van der Waals surface area contributed by atoms with Crippen LogP contribution >= 0.6 is 24.0 Å². The van der Waals surface area contributed by atoms with Gasteiger partial charge in [-0.3, -0.25) is 4.99 Å². The first kappa shape index (κ1) is 22.7. The highest BCUT2D eigenvalue weighted by atomic mass is 127. The SMILES string of the molecule is CN=C(NCc1cccc(C)c1)NCc1ccnc(OCc2ccccc2)c1.I. The quantitative estimate of drug-likeness (QED) is 0.285. The highest BCUT2D eigenvalue weighted by Crippen LogP contribution is 2.12. The number of hydrogen-bond donors (Lipinski definition) is 2. The van der Waals surface area contributed by atoms with Gasteiger partial charge in [0.25, 0.3) is 0 Å². The number of hydrogen-bond acceptors (Lipinski definition) is 3. The summed E-state index contributed by atoms with van der Waals surface area (Å²) < 4.78 is 5.80. The van der Waals surface area contributed by atoms with Crippen molar-refractivity contribution in [2.75, 3.05) is 7.05 Å². The Kier molecular flexibility index (Phi) is 9.43. The molecule has 2 N–H and O–H groups in total. The van der Waals surface area contributed by atoms with Crippen LogP contribution in [0.3, 0.4) is 0 Å². The number of pyridine rings is 1. The van der Waals surface area contributed by atoms with Crippen molar-refractivity contribution in [2.45, 2.75) is 26.6 Å². The summed E-state index contributed by atoms with van der Waals surface area (Å²) in [4.78, 5) is 8.58. The fraction of sp³-hybridized carbons (Fsp3) is 0.217. The van der Waals surface area contributed by atoms with Gasteiger partial charge in [0.15, 0.2) is 5.96 Å². The van der Waals surface area contributed by atoms with Crippen LogP contribution in [0.1, 0.15) is 22.3 Å². The molecule has 0 spiro atoms. The van der Waals surface area contributed by atoms with E-state index in [1.165, 1.54) is 11.1 Å².